The molecule has 1 heterocycles. The first-order chi connectivity index (χ1) is 10.9. The molecule has 1 fully saturated rings. The highest BCUT2D eigenvalue weighted by Crippen LogP contribution is 2.49. The molecule has 2 unspecified atom stereocenters. The van der Waals surface area contributed by atoms with Crippen molar-refractivity contribution < 1.29 is 54.4 Å². The molecule has 0 spiro atoms. The molecule has 0 bridgehead atoms. The number of hydrogen-bond donors (Lipinski definition) is 1. The van der Waals surface area contributed by atoms with Gasteiger partial charge in [0.1, 0.15) is 12.2 Å². The van der Waals surface area contributed by atoms with Crippen molar-refractivity contribution in [3.63, 3.8) is 0 Å². The minimum atomic E-state index is -6.25. The molecule has 1 rings (SSSR count). The maximum atomic E-state index is 13.1. The predicted octanol–water partition coefficient (Wildman–Crippen LogP) is 2.34. The Bertz CT molecular complexity index is 389. The third kappa shape index (κ3) is 5.39. The summed E-state index contributed by atoms with van der Waals surface area (Å²) in [6.07, 6.45) is -8.21. The normalized spacial score (nSPS) is 20.5. The first-order valence-electron chi connectivity index (χ1n) is 6.78. The molecule has 0 aliphatic carbocycles. The predicted molar refractivity (Wildman–Crippen MR) is 62.8 cm³/mol. The SMILES string of the molecule is OC(COCCC(F)(F)C(F)(F)C(F)(F)C(F)F)COCC1CO1. The van der Waals surface area contributed by atoms with Gasteiger partial charge in [-0.05, 0) is 0 Å². The van der Waals surface area contributed by atoms with Gasteiger partial charge in [-0.1, -0.05) is 0 Å². The number of hydrogen-bond acceptors (Lipinski definition) is 4. The maximum Gasteiger partial charge on any atom is 0.377 e. The molecule has 0 amide bonds. The fraction of sp³-hybridized carbons (Fsp3) is 1.00. The van der Waals surface area contributed by atoms with E-state index in [2.05, 4.69) is 4.74 Å². The fourth-order valence-electron chi connectivity index (χ4n) is 1.51. The molecule has 0 radical (unpaired) electrons. The van der Waals surface area contributed by atoms with E-state index in [0.29, 0.717) is 6.61 Å². The van der Waals surface area contributed by atoms with E-state index in [1.165, 1.54) is 0 Å². The lowest BCUT2D eigenvalue weighted by atomic mass is 10.0. The van der Waals surface area contributed by atoms with Crippen LogP contribution in [0.15, 0.2) is 0 Å². The molecule has 0 aromatic carbocycles. The average Bonchev–Trinajstić information content (AvgIpc) is 3.27. The standard InChI is InChI=1S/C12H16F8O4/c13-9(14)11(17,18)12(19,20)10(15,16)1-2-22-3-7(21)4-23-5-8-6-24-8/h7-9,21H,1-6H2. The molecule has 4 nitrogen and oxygen atoms in total. The van der Waals surface area contributed by atoms with Crippen LogP contribution in [0.5, 0.6) is 0 Å². The van der Waals surface area contributed by atoms with Crippen LogP contribution in [0.25, 0.3) is 0 Å². The van der Waals surface area contributed by atoms with Crippen LogP contribution >= 0.6 is 0 Å². The van der Waals surface area contributed by atoms with Crippen molar-refractivity contribution >= 4 is 0 Å². The fourth-order valence-corrected chi connectivity index (χ4v) is 1.51. The number of aliphatic hydroxyl groups excluding tert-OH is 1. The summed E-state index contributed by atoms with van der Waals surface area (Å²) < 4.78 is 115. The maximum absolute atomic E-state index is 13.1. The lowest BCUT2D eigenvalue weighted by molar-refractivity contribution is -0.340. The number of aliphatic hydroxyl groups is 1. The Hall–Kier alpha value is -0.720. The van der Waals surface area contributed by atoms with Crippen molar-refractivity contribution in [2.75, 3.05) is 33.0 Å². The molecule has 12 heteroatoms. The van der Waals surface area contributed by atoms with Crippen LogP contribution in [0.3, 0.4) is 0 Å². The van der Waals surface area contributed by atoms with E-state index < -0.39 is 49.9 Å². The van der Waals surface area contributed by atoms with Crippen molar-refractivity contribution in [2.45, 2.75) is 42.8 Å². The summed E-state index contributed by atoms with van der Waals surface area (Å²) in [4.78, 5) is 0. The Kier molecular flexibility index (Phi) is 7.20. The van der Waals surface area contributed by atoms with E-state index in [-0.39, 0.29) is 19.3 Å². The van der Waals surface area contributed by atoms with Crippen molar-refractivity contribution in [2.24, 2.45) is 0 Å². The lowest BCUT2D eigenvalue weighted by Gasteiger charge is -2.32. The van der Waals surface area contributed by atoms with Crippen molar-refractivity contribution in [3.8, 4) is 0 Å². The second-order valence-electron chi connectivity index (χ2n) is 5.17. The van der Waals surface area contributed by atoms with Gasteiger partial charge in [-0.25, -0.2) is 8.78 Å². The van der Waals surface area contributed by atoms with Gasteiger partial charge in [0.15, 0.2) is 0 Å². The molecule has 2 atom stereocenters. The highest BCUT2D eigenvalue weighted by Gasteiger charge is 2.74. The van der Waals surface area contributed by atoms with Gasteiger partial charge in [0.25, 0.3) is 0 Å². The summed E-state index contributed by atoms with van der Waals surface area (Å²) >= 11 is 0. The van der Waals surface area contributed by atoms with Crippen LogP contribution in [0.2, 0.25) is 0 Å². The molecule has 0 aromatic heterocycles. The lowest BCUT2D eigenvalue weighted by Crippen LogP contribution is -2.57. The topological polar surface area (TPSA) is 51.2 Å². The van der Waals surface area contributed by atoms with Crippen LogP contribution in [-0.2, 0) is 14.2 Å². The van der Waals surface area contributed by atoms with Gasteiger partial charge in [-0.2, -0.15) is 26.3 Å². The summed E-state index contributed by atoms with van der Waals surface area (Å²) in [7, 11) is 0. The number of halogens is 8. The highest BCUT2D eigenvalue weighted by molar-refractivity contribution is 4.97. The second kappa shape index (κ2) is 8.11. The molecule has 1 aliphatic heterocycles. The van der Waals surface area contributed by atoms with E-state index in [0.717, 1.165) is 0 Å². The van der Waals surface area contributed by atoms with Crippen LogP contribution in [0, 0.1) is 0 Å². The molecule has 0 saturated carbocycles. The highest BCUT2D eigenvalue weighted by atomic mass is 19.4. The Labute approximate surface area is 131 Å². The quantitative estimate of drug-likeness (QED) is 0.323. The zero-order chi connectivity index (χ0) is 18.6. The van der Waals surface area contributed by atoms with E-state index in [1.54, 1.807) is 0 Å². The first kappa shape index (κ1) is 21.3. The van der Waals surface area contributed by atoms with E-state index in [9.17, 15) is 40.2 Å². The van der Waals surface area contributed by atoms with Gasteiger partial charge >= 0.3 is 24.2 Å². The Balaban J connectivity index is 2.33. The molecular formula is C12H16F8O4. The minimum Gasteiger partial charge on any atom is -0.388 e. The van der Waals surface area contributed by atoms with E-state index in [4.69, 9.17) is 9.47 Å². The van der Waals surface area contributed by atoms with E-state index >= 15 is 0 Å². The minimum absolute atomic E-state index is 0.0736. The summed E-state index contributed by atoms with van der Waals surface area (Å²) in [6.45, 7) is -1.26. The van der Waals surface area contributed by atoms with Gasteiger partial charge in [0.2, 0.25) is 0 Å². The summed E-state index contributed by atoms with van der Waals surface area (Å²) in [5.41, 5.74) is 0. The van der Waals surface area contributed by atoms with Crippen molar-refractivity contribution in [1.29, 1.82) is 0 Å². The molecule has 144 valence electrons. The third-order valence-electron chi connectivity index (χ3n) is 3.04. The van der Waals surface area contributed by atoms with Gasteiger partial charge in [-0.15, -0.1) is 0 Å². The van der Waals surface area contributed by atoms with Crippen LogP contribution < -0.4 is 0 Å². The van der Waals surface area contributed by atoms with E-state index in [1.807, 2.05) is 0 Å². The van der Waals surface area contributed by atoms with Crippen LogP contribution in [0.1, 0.15) is 6.42 Å². The molecule has 1 saturated heterocycles. The van der Waals surface area contributed by atoms with Crippen LogP contribution in [0.4, 0.5) is 35.1 Å². The largest absolute Gasteiger partial charge is 0.388 e. The second-order valence-corrected chi connectivity index (χ2v) is 5.17. The smallest absolute Gasteiger partial charge is 0.377 e. The third-order valence-corrected chi connectivity index (χ3v) is 3.04. The van der Waals surface area contributed by atoms with Gasteiger partial charge in [0.05, 0.1) is 33.0 Å². The number of alkyl halides is 8. The number of epoxide rings is 1. The Morgan fingerprint density at radius 2 is 1.58 bits per heavy atom. The van der Waals surface area contributed by atoms with Gasteiger partial charge in [0, 0.05) is 6.42 Å². The summed E-state index contributed by atoms with van der Waals surface area (Å²) in [5, 5.41) is 9.33. The monoisotopic (exact) mass is 376 g/mol. The van der Waals surface area contributed by atoms with Gasteiger partial charge in [-0.3, -0.25) is 0 Å². The average molecular weight is 376 g/mol. The Morgan fingerprint density at radius 3 is 2.08 bits per heavy atom. The first-order valence-corrected chi connectivity index (χ1v) is 6.78. The Morgan fingerprint density at radius 1 is 1.04 bits per heavy atom. The number of rotatable bonds is 12. The molecule has 24 heavy (non-hydrogen) atoms. The molecule has 1 N–H and O–H groups in total. The summed E-state index contributed by atoms with van der Waals surface area (Å²) in [5.74, 6) is -17.9. The summed E-state index contributed by atoms with van der Waals surface area (Å²) in [6, 6.07) is 0. The van der Waals surface area contributed by atoms with Crippen LogP contribution in [-0.4, -0.2) is 74.5 Å². The van der Waals surface area contributed by atoms with Gasteiger partial charge < -0.3 is 19.3 Å². The van der Waals surface area contributed by atoms with Crippen molar-refractivity contribution in [1.82, 2.24) is 0 Å². The molecular weight excluding hydrogens is 360 g/mol. The zero-order valence-corrected chi connectivity index (χ0v) is 12.2. The number of ether oxygens (including phenoxy) is 3. The zero-order valence-electron chi connectivity index (χ0n) is 12.2. The van der Waals surface area contributed by atoms with Crippen molar-refractivity contribution in [3.05, 3.63) is 0 Å². The molecule has 1 aliphatic rings. The molecule has 0 aromatic rings.